The normalized spacial score (nSPS) is 13.0. The van der Waals surface area contributed by atoms with Crippen LogP contribution in [0.1, 0.15) is 44.4 Å². The second-order valence-electron chi connectivity index (χ2n) is 11.8. The molecule has 0 fully saturated rings. The minimum atomic E-state index is -2.18. The Labute approximate surface area is 286 Å². The number of aliphatic carboxylic acids is 1. The van der Waals surface area contributed by atoms with Crippen LogP contribution < -0.4 is 16.2 Å². The zero-order valence-electron chi connectivity index (χ0n) is 26.7. The Morgan fingerprint density at radius 3 is 2.18 bits per heavy atom. The molecule has 0 aliphatic rings. The molecule has 6 rings (SSSR count). The van der Waals surface area contributed by atoms with E-state index in [1.165, 1.54) is 12.1 Å². The van der Waals surface area contributed by atoms with Crippen molar-refractivity contribution in [1.29, 1.82) is 0 Å². The number of aromatic hydroxyl groups is 1. The fourth-order valence-corrected chi connectivity index (χ4v) is 5.76. The van der Waals surface area contributed by atoms with Crippen LogP contribution in [0.2, 0.25) is 0 Å². The van der Waals surface area contributed by atoms with Gasteiger partial charge in [0.1, 0.15) is 5.75 Å². The highest BCUT2D eigenvalue weighted by Crippen LogP contribution is 2.32. The number of rotatable bonds is 12. The van der Waals surface area contributed by atoms with Gasteiger partial charge in [-0.1, -0.05) is 78.9 Å². The maximum atomic E-state index is 12.8. The molecule has 2 aromatic heterocycles. The lowest BCUT2D eigenvalue weighted by molar-refractivity contribution is -0.155. The van der Waals surface area contributed by atoms with Crippen LogP contribution in [0.25, 0.3) is 22.0 Å². The standard InChI is InChI=1S/C39H34N4O7/c44-33-18-16-31(32-17-19-35(46)43-36(32)33)34(45)23-40-20-24-6-8-26(9-7-24)37(47)42-22-30-15-12-27(21-41-30)25-10-13-29(14-11-25)39(50,38(48)49)28-4-2-1-3-5-28/h1-19,21,34,40,44-45,50H,20,22-23H2,(H,42,47)(H,43,46)(H,48,49)/t34-,39-/m0/s1. The maximum absolute atomic E-state index is 12.8. The molecular weight excluding hydrogens is 636 g/mol. The van der Waals surface area contributed by atoms with Crippen molar-refractivity contribution in [3.05, 3.63) is 165 Å². The predicted octanol–water partition coefficient (Wildman–Crippen LogP) is 4.37. The van der Waals surface area contributed by atoms with Gasteiger partial charge in [0.25, 0.3) is 5.91 Å². The lowest BCUT2D eigenvalue weighted by Crippen LogP contribution is -2.36. The third-order valence-electron chi connectivity index (χ3n) is 8.54. The summed E-state index contributed by atoms with van der Waals surface area (Å²) in [6, 6.07) is 31.6. The Hall–Kier alpha value is -6.14. The van der Waals surface area contributed by atoms with Gasteiger partial charge in [0.15, 0.2) is 0 Å². The summed E-state index contributed by atoms with van der Waals surface area (Å²) in [7, 11) is 0. The van der Waals surface area contributed by atoms with E-state index in [2.05, 4.69) is 20.6 Å². The van der Waals surface area contributed by atoms with Gasteiger partial charge in [0.05, 0.1) is 23.9 Å². The van der Waals surface area contributed by atoms with Crippen LogP contribution in [0.4, 0.5) is 0 Å². The van der Waals surface area contributed by atoms with Crippen molar-refractivity contribution in [2.45, 2.75) is 24.8 Å². The van der Waals surface area contributed by atoms with Gasteiger partial charge in [0, 0.05) is 41.9 Å². The summed E-state index contributed by atoms with van der Waals surface area (Å²) in [5.74, 6) is -1.70. The Kier molecular flexibility index (Phi) is 9.82. The van der Waals surface area contributed by atoms with Crippen molar-refractivity contribution in [2.24, 2.45) is 0 Å². The Morgan fingerprint density at radius 2 is 1.50 bits per heavy atom. The van der Waals surface area contributed by atoms with E-state index in [0.717, 1.165) is 16.7 Å². The number of amides is 1. The number of carboxylic acids is 1. The van der Waals surface area contributed by atoms with Gasteiger partial charge in [-0.25, -0.2) is 4.79 Å². The van der Waals surface area contributed by atoms with E-state index in [1.807, 2.05) is 18.2 Å². The Morgan fingerprint density at radius 1 is 0.800 bits per heavy atom. The quantitative estimate of drug-likeness (QED) is 0.0994. The SMILES string of the molecule is O=C(NCc1ccc(-c2ccc([C@](O)(C(=O)O)c3ccccc3)cc2)cn1)c1ccc(CNC[C@H](O)c2ccc(O)c3[nH]c(=O)ccc23)cc1. The molecule has 2 atom stereocenters. The summed E-state index contributed by atoms with van der Waals surface area (Å²) in [6.45, 7) is 0.876. The van der Waals surface area contributed by atoms with Crippen molar-refractivity contribution in [3.8, 4) is 16.9 Å². The van der Waals surface area contributed by atoms with E-state index in [-0.39, 0.29) is 46.9 Å². The molecule has 0 unspecified atom stereocenters. The first-order chi connectivity index (χ1) is 24.1. The molecule has 7 N–H and O–H groups in total. The van der Waals surface area contributed by atoms with Crippen LogP contribution in [0, 0.1) is 0 Å². The van der Waals surface area contributed by atoms with Crippen LogP contribution in [0.5, 0.6) is 5.75 Å². The highest BCUT2D eigenvalue weighted by Gasteiger charge is 2.40. The summed E-state index contributed by atoms with van der Waals surface area (Å²) >= 11 is 0. The summed E-state index contributed by atoms with van der Waals surface area (Å²) < 4.78 is 0. The number of aromatic nitrogens is 2. The van der Waals surface area contributed by atoms with Crippen LogP contribution in [0.3, 0.4) is 0 Å². The first-order valence-corrected chi connectivity index (χ1v) is 15.8. The van der Waals surface area contributed by atoms with Gasteiger partial charge in [-0.05, 0) is 58.1 Å². The number of phenols is 1. The highest BCUT2D eigenvalue weighted by atomic mass is 16.4. The zero-order valence-corrected chi connectivity index (χ0v) is 26.7. The fraction of sp³-hybridized carbons (Fsp3) is 0.128. The Bertz CT molecular complexity index is 2190. The van der Waals surface area contributed by atoms with Crippen LogP contribution >= 0.6 is 0 Å². The molecule has 0 aliphatic carbocycles. The van der Waals surface area contributed by atoms with Gasteiger partial charge in [0.2, 0.25) is 11.2 Å². The number of hydrogen-bond acceptors (Lipinski definition) is 8. The van der Waals surface area contributed by atoms with E-state index in [9.17, 15) is 34.8 Å². The molecule has 0 spiro atoms. The molecule has 0 saturated carbocycles. The lowest BCUT2D eigenvalue weighted by Gasteiger charge is -2.24. The number of aromatic amines is 1. The number of carbonyl (C=O) groups is 2. The molecule has 4 aromatic carbocycles. The van der Waals surface area contributed by atoms with Crippen molar-refractivity contribution in [2.75, 3.05) is 6.54 Å². The number of carbonyl (C=O) groups excluding carboxylic acids is 1. The number of benzene rings is 4. The number of aliphatic hydroxyl groups is 2. The summed E-state index contributed by atoms with van der Waals surface area (Å²) in [5, 5.41) is 48.4. The summed E-state index contributed by atoms with van der Waals surface area (Å²) in [6.07, 6.45) is 0.781. The third-order valence-corrected chi connectivity index (χ3v) is 8.54. The van der Waals surface area contributed by atoms with Gasteiger partial charge < -0.3 is 36.0 Å². The molecular formula is C39H34N4O7. The molecule has 50 heavy (non-hydrogen) atoms. The van der Waals surface area contributed by atoms with Crippen LogP contribution in [-0.2, 0) is 23.5 Å². The van der Waals surface area contributed by atoms with Crippen molar-refractivity contribution in [3.63, 3.8) is 0 Å². The maximum Gasteiger partial charge on any atom is 0.345 e. The van der Waals surface area contributed by atoms with Crippen molar-refractivity contribution in [1.82, 2.24) is 20.6 Å². The number of carboxylic acid groups (broad SMARTS) is 1. The van der Waals surface area contributed by atoms with Gasteiger partial charge >= 0.3 is 5.97 Å². The molecule has 0 saturated heterocycles. The van der Waals surface area contributed by atoms with Crippen LogP contribution in [0.15, 0.2) is 126 Å². The third kappa shape index (κ3) is 7.15. The first-order valence-electron chi connectivity index (χ1n) is 15.8. The number of aliphatic hydroxyl groups excluding tert-OH is 1. The van der Waals surface area contributed by atoms with Gasteiger partial charge in [-0.15, -0.1) is 0 Å². The molecule has 11 nitrogen and oxygen atoms in total. The second-order valence-corrected chi connectivity index (χ2v) is 11.8. The van der Waals surface area contributed by atoms with Crippen molar-refractivity contribution < 1.29 is 30.0 Å². The molecule has 0 bridgehead atoms. The minimum absolute atomic E-state index is 0.0704. The number of phenolic OH excluding ortho intramolecular Hbond substituents is 1. The largest absolute Gasteiger partial charge is 0.506 e. The summed E-state index contributed by atoms with van der Waals surface area (Å²) in [4.78, 5) is 43.6. The molecule has 1 amide bonds. The molecule has 11 heteroatoms. The molecule has 2 heterocycles. The predicted molar refractivity (Wildman–Crippen MR) is 187 cm³/mol. The fourth-order valence-electron chi connectivity index (χ4n) is 5.76. The highest BCUT2D eigenvalue weighted by molar-refractivity contribution is 5.94. The zero-order chi connectivity index (χ0) is 35.3. The Balaban J connectivity index is 1.00. The summed E-state index contributed by atoms with van der Waals surface area (Å²) in [5.41, 5.74) is 2.42. The number of H-pyrrole nitrogens is 1. The number of nitrogens with zero attached hydrogens (tertiary/aromatic N) is 1. The van der Waals surface area contributed by atoms with Crippen LogP contribution in [-0.4, -0.2) is 48.8 Å². The molecule has 6 aromatic rings. The number of nitrogens with one attached hydrogen (secondary N) is 3. The average molecular weight is 671 g/mol. The number of hydrogen-bond donors (Lipinski definition) is 7. The van der Waals surface area contributed by atoms with E-state index < -0.39 is 17.7 Å². The molecule has 252 valence electrons. The van der Waals surface area contributed by atoms with Gasteiger partial charge in [-0.2, -0.15) is 0 Å². The number of pyridine rings is 2. The van der Waals surface area contributed by atoms with Gasteiger partial charge in [-0.3, -0.25) is 14.6 Å². The van der Waals surface area contributed by atoms with E-state index in [1.54, 1.807) is 91.1 Å². The molecule has 0 radical (unpaired) electrons. The van der Waals surface area contributed by atoms with Crippen molar-refractivity contribution >= 4 is 22.8 Å². The van der Waals surface area contributed by atoms with E-state index >= 15 is 0 Å². The number of fused-ring (bicyclic) bond motifs is 1. The van der Waals surface area contributed by atoms with E-state index in [4.69, 9.17) is 0 Å². The topological polar surface area (TPSA) is 185 Å². The first kappa shape index (κ1) is 33.7. The second kappa shape index (κ2) is 14.5. The van der Waals surface area contributed by atoms with E-state index in [0.29, 0.717) is 28.8 Å². The minimum Gasteiger partial charge on any atom is -0.506 e. The molecule has 0 aliphatic heterocycles. The smallest absolute Gasteiger partial charge is 0.345 e. The monoisotopic (exact) mass is 670 g/mol. The lowest BCUT2D eigenvalue weighted by atomic mass is 9.86. The average Bonchev–Trinajstić information content (AvgIpc) is 3.14.